The van der Waals surface area contributed by atoms with E-state index in [0.29, 0.717) is 19.1 Å². The average molecular weight is 344 g/mol. The lowest BCUT2D eigenvalue weighted by Gasteiger charge is -2.25. The highest BCUT2D eigenvalue weighted by Crippen LogP contribution is 2.30. The maximum absolute atomic E-state index is 12.2. The second kappa shape index (κ2) is 7.59. The monoisotopic (exact) mass is 344 g/mol. The van der Waals surface area contributed by atoms with Crippen molar-refractivity contribution in [1.29, 1.82) is 0 Å². The Morgan fingerprint density at radius 3 is 3.00 bits per heavy atom. The van der Waals surface area contributed by atoms with Gasteiger partial charge in [-0.05, 0) is 30.4 Å². The van der Waals surface area contributed by atoms with Gasteiger partial charge in [-0.25, -0.2) is 0 Å². The van der Waals surface area contributed by atoms with Gasteiger partial charge in [0.2, 0.25) is 5.76 Å². The second-order valence-corrected chi connectivity index (χ2v) is 6.85. The van der Waals surface area contributed by atoms with Gasteiger partial charge in [-0.1, -0.05) is 25.1 Å². The van der Waals surface area contributed by atoms with E-state index in [4.69, 9.17) is 14.0 Å². The van der Waals surface area contributed by atoms with Crippen molar-refractivity contribution in [2.75, 3.05) is 20.3 Å². The van der Waals surface area contributed by atoms with Gasteiger partial charge >= 0.3 is 0 Å². The third kappa shape index (κ3) is 4.32. The predicted octanol–water partition coefficient (Wildman–Crippen LogP) is 2.86. The van der Waals surface area contributed by atoms with Crippen LogP contribution in [-0.2, 0) is 12.8 Å². The van der Waals surface area contributed by atoms with Gasteiger partial charge < -0.3 is 19.3 Å². The number of benzene rings is 1. The fourth-order valence-electron chi connectivity index (χ4n) is 2.93. The number of nitrogens with zero attached hydrogens (tertiary/aromatic N) is 1. The first-order valence-electron chi connectivity index (χ1n) is 8.58. The molecule has 1 aromatic carbocycles. The van der Waals surface area contributed by atoms with Crippen LogP contribution in [0.1, 0.15) is 35.7 Å². The first-order valence-corrected chi connectivity index (χ1v) is 8.58. The summed E-state index contributed by atoms with van der Waals surface area (Å²) >= 11 is 0. The quantitative estimate of drug-likeness (QED) is 0.872. The molecule has 0 saturated carbocycles. The van der Waals surface area contributed by atoms with E-state index in [1.54, 1.807) is 13.2 Å². The molecule has 1 amide bonds. The fraction of sp³-hybridized carbons (Fsp3) is 0.474. The van der Waals surface area contributed by atoms with Gasteiger partial charge in [0.25, 0.3) is 5.91 Å². The molecular weight excluding hydrogens is 320 g/mol. The zero-order valence-electron chi connectivity index (χ0n) is 14.9. The zero-order valence-corrected chi connectivity index (χ0v) is 14.9. The largest absolute Gasteiger partial charge is 0.497 e. The molecule has 0 aliphatic carbocycles. The summed E-state index contributed by atoms with van der Waals surface area (Å²) in [5.41, 5.74) is 1.94. The van der Waals surface area contributed by atoms with E-state index in [-0.39, 0.29) is 17.6 Å². The first kappa shape index (κ1) is 17.3. The standard InChI is InChI=1S/C19H24N2O4/c1-12(2)6-15-8-18(25-21-15)19(22)20-10-13-7-14-4-5-16(23-3)9-17(14)24-11-13/h4-5,8-9,12-13H,6-7,10-11H2,1-3H3,(H,20,22). The predicted molar refractivity (Wildman–Crippen MR) is 93.1 cm³/mol. The van der Waals surface area contributed by atoms with Gasteiger partial charge in [0.05, 0.1) is 19.4 Å². The minimum atomic E-state index is -0.233. The van der Waals surface area contributed by atoms with Crippen molar-refractivity contribution < 1.29 is 18.8 Å². The topological polar surface area (TPSA) is 73.6 Å². The number of amides is 1. The highest BCUT2D eigenvalue weighted by molar-refractivity contribution is 5.91. The third-order valence-corrected chi connectivity index (χ3v) is 4.21. The highest BCUT2D eigenvalue weighted by Gasteiger charge is 2.22. The molecule has 3 rings (SSSR count). The number of aromatic nitrogens is 1. The smallest absolute Gasteiger partial charge is 0.289 e. The summed E-state index contributed by atoms with van der Waals surface area (Å²) in [7, 11) is 1.64. The van der Waals surface area contributed by atoms with E-state index < -0.39 is 0 Å². The number of ether oxygens (including phenoxy) is 2. The molecule has 2 aromatic rings. The van der Waals surface area contributed by atoms with E-state index >= 15 is 0 Å². The minimum Gasteiger partial charge on any atom is -0.497 e. The van der Waals surface area contributed by atoms with E-state index in [1.807, 2.05) is 18.2 Å². The van der Waals surface area contributed by atoms with Crippen LogP contribution in [0, 0.1) is 11.8 Å². The Morgan fingerprint density at radius 1 is 1.40 bits per heavy atom. The number of carbonyl (C=O) groups excluding carboxylic acids is 1. The zero-order chi connectivity index (χ0) is 17.8. The third-order valence-electron chi connectivity index (χ3n) is 4.21. The van der Waals surface area contributed by atoms with Crippen LogP contribution < -0.4 is 14.8 Å². The average Bonchev–Trinajstić information content (AvgIpc) is 3.06. The molecule has 2 heterocycles. The summed E-state index contributed by atoms with van der Waals surface area (Å²) in [6.07, 6.45) is 1.65. The number of hydrogen-bond donors (Lipinski definition) is 1. The number of rotatable bonds is 6. The maximum Gasteiger partial charge on any atom is 0.289 e. The van der Waals surface area contributed by atoms with Crippen molar-refractivity contribution in [3.8, 4) is 11.5 Å². The Morgan fingerprint density at radius 2 is 2.24 bits per heavy atom. The summed E-state index contributed by atoms with van der Waals surface area (Å²) < 4.78 is 16.1. The molecule has 25 heavy (non-hydrogen) atoms. The van der Waals surface area contributed by atoms with Crippen LogP contribution in [0.5, 0.6) is 11.5 Å². The van der Waals surface area contributed by atoms with Crippen molar-refractivity contribution in [3.05, 3.63) is 41.3 Å². The van der Waals surface area contributed by atoms with E-state index in [1.165, 1.54) is 0 Å². The lowest BCUT2D eigenvalue weighted by atomic mass is 9.96. The summed E-state index contributed by atoms with van der Waals surface area (Å²) in [5.74, 6) is 2.37. The minimum absolute atomic E-state index is 0.225. The lowest BCUT2D eigenvalue weighted by Crippen LogP contribution is -2.34. The Balaban J connectivity index is 1.53. The lowest BCUT2D eigenvalue weighted by molar-refractivity contribution is 0.0902. The van der Waals surface area contributed by atoms with Gasteiger partial charge in [-0.3, -0.25) is 4.79 Å². The Bertz CT molecular complexity index is 739. The molecule has 1 N–H and O–H groups in total. The molecule has 0 spiro atoms. The van der Waals surface area contributed by atoms with Gasteiger partial charge in [0, 0.05) is 24.6 Å². The van der Waals surface area contributed by atoms with Crippen molar-refractivity contribution in [2.45, 2.75) is 26.7 Å². The number of carbonyl (C=O) groups is 1. The van der Waals surface area contributed by atoms with Crippen LogP contribution in [-0.4, -0.2) is 31.3 Å². The van der Waals surface area contributed by atoms with E-state index in [2.05, 4.69) is 24.3 Å². The number of methoxy groups -OCH3 is 1. The van der Waals surface area contributed by atoms with Crippen molar-refractivity contribution >= 4 is 5.91 Å². The van der Waals surface area contributed by atoms with Crippen LogP contribution >= 0.6 is 0 Å². The molecule has 1 aromatic heterocycles. The molecule has 0 radical (unpaired) electrons. The summed E-state index contributed by atoms with van der Waals surface area (Å²) in [6, 6.07) is 7.55. The summed E-state index contributed by atoms with van der Waals surface area (Å²) in [6.45, 7) is 5.30. The Labute approximate surface area is 147 Å². The molecule has 134 valence electrons. The van der Waals surface area contributed by atoms with Gasteiger partial charge in [-0.2, -0.15) is 0 Å². The van der Waals surface area contributed by atoms with E-state index in [9.17, 15) is 4.79 Å². The van der Waals surface area contributed by atoms with Gasteiger partial charge in [-0.15, -0.1) is 0 Å². The molecule has 6 heteroatoms. The van der Waals surface area contributed by atoms with Crippen LogP contribution in [0.4, 0.5) is 0 Å². The van der Waals surface area contributed by atoms with E-state index in [0.717, 1.165) is 35.6 Å². The Kier molecular flexibility index (Phi) is 5.26. The number of fused-ring (bicyclic) bond motifs is 1. The molecule has 0 saturated heterocycles. The highest BCUT2D eigenvalue weighted by atomic mass is 16.5. The molecular formula is C19H24N2O4. The van der Waals surface area contributed by atoms with Crippen LogP contribution in [0.15, 0.2) is 28.8 Å². The van der Waals surface area contributed by atoms with Crippen molar-refractivity contribution in [3.63, 3.8) is 0 Å². The number of nitrogens with one attached hydrogen (secondary N) is 1. The van der Waals surface area contributed by atoms with Crippen LogP contribution in [0.3, 0.4) is 0 Å². The molecule has 1 unspecified atom stereocenters. The van der Waals surface area contributed by atoms with Crippen LogP contribution in [0.2, 0.25) is 0 Å². The van der Waals surface area contributed by atoms with Crippen molar-refractivity contribution in [1.82, 2.24) is 10.5 Å². The fourth-order valence-corrected chi connectivity index (χ4v) is 2.93. The van der Waals surface area contributed by atoms with Gasteiger partial charge in [0.1, 0.15) is 11.5 Å². The summed E-state index contributed by atoms with van der Waals surface area (Å²) in [4.78, 5) is 12.2. The molecule has 0 fully saturated rings. The normalized spacial score (nSPS) is 16.2. The summed E-state index contributed by atoms with van der Waals surface area (Å²) in [5, 5.41) is 6.86. The number of hydrogen-bond acceptors (Lipinski definition) is 5. The van der Waals surface area contributed by atoms with Crippen molar-refractivity contribution in [2.24, 2.45) is 11.8 Å². The first-order chi connectivity index (χ1) is 12.0. The molecule has 1 aliphatic rings. The Hall–Kier alpha value is -2.50. The molecule has 1 aliphatic heterocycles. The SMILES string of the molecule is COc1ccc2c(c1)OCC(CNC(=O)c1cc(CC(C)C)no1)C2. The van der Waals surface area contributed by atoms with Gasteiger partial charge in [0.15, 0.2) is 0 Å². The molecule has 0 bridgehead atoms. The second-order valence-electron chi connectivity index (χ2n) is 6.85. The maximum atomic E-state index is 12.2. The van der Waals surface area contributed by atoms with Crippen LogP contribution in [0.25, 0.3) is 0 Å². The molecule has 1 atom stereocenters. The molecule has 6 nitrogen and oxygen atoms in total.